The van der Waals surface area contributed by atoms with Gasteiger partial charge in [0, 0.05) is 19.1 Å². The lowest BCUT2D eigenvalue weighted by atomic mass is 9.99. The Morgan fingerprint density at radius 3 is 2.86 bits per heavy atom. The number of anilines is 1. The molecule has 21 heavy (non-hydrogen) atoms. The molecule has 1 unspecified atom stereocenters. The number of hydrogen-bond acceptors (Lipinski definition) is 3. The third-order valence-electron chi connectivity index (χ3n) is 4.12. The van der Waals surface area contributed by atoms with Crippen LogP contribution in [0.15, 0.2) is 18.2 Å². The second kappa shape index (κ2) is 7.46. The van der Waals surface area contributed by atoms with Gasteiger partial charge in [0.1, 0.15) is 0 Å². The predicted octanol–water partition coefficient (Wildman–Crippen LogP) is 2.50. The van der Waals surface area contributed by atoms with E-state index in [4.69, 9.17) is 0 Å². The van der Waals surface area contributed by atoms with Gasteiger partial charge in [-0.3, -0.25) is 4.79 Å². The molecular formula is C17H27N3O. The van der Waals surface area contributed by atoms with Crippen molar-refractivity contribution in [3.05, 3.63) is 29.3 Å². The number of carbonyl (C=O) groups is 1. The molecule has 0 aromatic heterocycles. The molecule has 116 valence electrons. The number of fused-ring (bicyclic) bond motifs is 1. The summed E-state index contributed by atoms with van der Waals surface area (Å²) in [6.07, 6.45) is 2.19. The second-order valence-electron chi connectivity index (χ2n) is 5.73. The van der Waals surface area contributed by atoms with E-state index in [2.05, 4.69) is 42.4 Å². The van der Waals surface area contributed by atoms with E-state index >= 15 is 0 Å². The lowest BCUT2D eigenvalue weighted by Gasteiger charge is -2.25. The molecule has 1 aliphatic rings. The zero-order valence-corrected chi connectivity index (χ0v) is 13.4. The Bertz CT molecular complexity index is 483. The Balaban J connectivity index is 2.03. The maximum absolute atomic E-state index is 12.5. The van der Waals surface area contributed by atoms with Gasteiger partial charge in [-0.2, -0.15) is 0 Å². The number of rotatable bonds is 6. The number of aryl methyl sites for hydroxylation is 1. The average Bonchev–Trinajstić information content (AvgIpc) is 2.51. The summed E-state index contributed by atoms with van der Waals surface area (Å²) in [5.74, 6) is 0.0286. The van der Waals surface area contributed by atoms with Gasteiger partial charge in [-0.25, -0.2) is 0 Å². The number of hydrogen-bond donors (Lipinski definition) is 2. The standard InChI is InChI=1S/C17H27N3O/c1-4-20(5-2)12-13(3)19-17(21)15-10-6-8-14-9-7-11-18-16(14)15/h6,8,10,13,18H,4-5,7,9,11-12H2,1-3H3,(H,19,21). The summed E-state index contributed by atoms with van der Waals surface area (Å²) >= 11 is 0. The fourth-order valence-corrected chi connectivity index (χ4v) is 2.91. The monoisotopic (exact) mass is 289 g/mol. The number of nitrogens with zero attached hydrogens (tertiary/aromatic N) is 1. The van der Waals surface area contributed by atoms with Gasteiger partial charge in [0.05, 0.1) is 11.3 Å². The highest BCUT2D eigenvalue weighted by Crippen LogP contribution is 2.25. The number of benzene rings is 1. The first-order valence-electron chi connectivity index (χ1n) is 8.04. The molecule has 1 atom stereocenters. The largest absolute Gasteiger partial charge is 0.384 e. The van der Waals surface area contributed by atoms with Gasteiger partial charge in [0.15, 0.2) is 0 Å². The molecule has 4 heteroatoms. The van der Waals surface area contributed by atoms with Gasteiger partial charge >= 0.3 is 0 Å². The van der Waals surface area contributed by atoms with Crippen LogP contribution in [0, 0.1) is 0 Å². The van der Waals surface area contributed by atoms with Crippen LogP contribution < -0.4 is 10.6 Å². The zero-order chi connectivity index (χ0) is 15.2. The van der Waals surface area contributed by atoms with E-state index in [1.54, 1.807) is 0 Å². The highest BCUT2D eigenvalue weighted by Gasteiger charge is 2.19. The van der Waals surface area contributed by atoms with E-state index in [0.29, 0.717) is 0 Å². The molecule has 2 N–H and O–H groups in total. The normalized spacial score (nSPS) is 15.2. The Morgan fingerprint density at radius 1 is 1.38 bits per heavy atom. The van der Waals surface area contributed by atoms with E-state index in [0.717, 1.165) is 50.3 Å². The van der Waals surface area contributed by atoms with Gasteiger partial charge in [-0.05, 0) is 44.5 Å². The summed E-state index contributed by atoms with van der Waals surface area (Å²) in [7, 11) is 0. The van der Waals surface area contributed by atoms with E-state index in [9.17, 15) is 4.79 Å². The highest BCUT2D eigenvalue weighted by molar-refractivity contribution is 6.00. The average molecular weight is 289 g/mol. The minimum absolute atomic E-state index is 0.0286. The minimum atomic E-state index is 0.0286. The fraction of sp³-hybridized carbons (Fsp3) is 0.588. The molecule has 1 amide bonds. The van der Waals surface area contributed by atoms with Gasteiger partial charge in [-0.15, -0.1) is 0 Å². The Hall–Kier alpha value is -1.55. The minimum Gasteiger partial charge on any atom is -0.384 e. The van der Waals surface area contributed by atoms with Crippen molar-refractivity contribution in [2.75, 3.05) is 31.5 Å². The maximum atomic E-state index is 12.5. The van der Waals surface area contributed by atoms with Crippen molar-refractivity contribution >= 4 is 11.6 Å². The molecule has 1 aliphatic heterocycles. The van der Waals surface area contributed by atoms with E-state index < -0.39 is 0 Å². The molecule has 0 fully saturated rings. The smallest absolute Gasteiger partial charge is 0.253 e. The summed E-state index contributed by atoms with van der Waals surface area (Å²) in [5, 5.41) is 6.50. The fourth-order valence-electron chi connectivity index (χ4n) is 2.91. The van der Waals surface area contributed by atoms with Crippen molar-refractivity contribution in [1.29, 1.82) is 0 Å². The van der Waals surface area contributed by atoms with Gasteiger partial charge < -0.3 is 15.5 Å². The number of likely N-dealkylation sites (N-methyl/N-ethyl adjacent to an activating group) is 1. The van der Waals surface area contributed by atoms with Crippen LogP contribution in [-0.4, -0.2) is 43.0 Å². The summed E-state index contributed by atoms with van der Waals surface area (Å²) in [5.41, 5.74) is 3.06. The summed E-state index contributed by atoms with van der Waals surface area (Å²) < 4.78 is 0. The maximum Gasteiger partial charge on any atom is 0.253 e. The molecule has 0 saturated carbocycles. The molecule has 1 aromatic carbocycles. The van der Waals surface area contributed by atoms with Gasteiger partial charge in [0.25, 0.3) is 5.91 Å². The van der Waals surface area contributed by atoms with Crippen molar-refractivity contribution in [2.24, 2.45) is 0 Å². The molecule has 2 rings (SSSR count). The van der Waals surface area contributed by atoms with Crippen molar-refractivity contribution in [3.63, 3.8) is 0 Å². The van der Waals surface area contributed by atoms with Crippen molar-refractivity contribution in [2.45, 2.75) is 39.7 Å². The Labute approximate surface area is 127 Å². The highest BCUT2D eigenvalue weighted by atomic mass is 16.1. The van der Waals surface area contributed by atoms with Gasteiger partial charge in [-0.1, -0.05) is 26.0 Å². The molecule has 1 heterocycles. The molecule has 0 saturated heterocycles. The molecule has 0 bridgehead atoms. The van der Waals surface area contributed by atoms with Crippen LogP contribution in [0.4, 0.5) is 5.69 Å². The van der Waals surface area contributed by atoms with Crippen molar-refractivity contribution in [3.8, 4) is 0 Å². The van der Waals surface area contributed by atoms with E-state index in [1.807, 2.05) is 12.1 Å². The SMILES string of the molecule is CCN(CC)CC(C)NC(=O)c1cccc2c1NCCC2. The van der Waals surface area contributed by atoms with Crippen LogP contribution in [-0.2, 0) is 6.42 Å². The number of nitrogens with one attached hydrogen (secondary N) is 2. The lowest BCUT2D eigenvalue weighted by Crippen LogP contribution is -2.42. The number of para-hydroxylation sites is 1. The summed E-state index contributed by atoms with van der Waals surface area (Å²) in [6.45, 7) is 10.2. The number of amides is 1. The molecule has 4 nitrogen and oxygen atoms in total. The lowest BCUT2D eigenvalue weighted by molar-refractivity contribution is 0.0931. The van der Waals surface area contributed by atoms with Crippen molar-refractivity contribution in [1.82, 2.24) is 10.2 Å². The van der Waals surface area contributed by atoms with Crippen LogP contribution >= 0.6 is 0 Å². The van der Waals surface area contributed by atoms with Crippen LogP contribution in [0.2, 0.25) is 0 Å². The Kier molecular flexibility index (Phi) is 5.62. The summed E-state index contributed by atoms with van der Waals surface area (Å²) in [4.78, 5) is 14.8. The summed E-state index contributed by atoms with van der Waals surface area (Å²) in [6, 6.07) is 6.15. The van der Waals surface area contributed by atoms with E-state index in [-0.39, 0.29) is 11.9 Å². The molecule has 0 aliphatic carbocycles. The second-order valence-corrected chi connectivity index (χ2v) is 5.73. The first kappa shape index (κ1) is 15.8. The zero-order valence-electron chi connectivity index (χ0n) is 13.4. The first-order chi connectivity index (χ1) is 10.2. The van der Waals surface area contributed by atoms with E-state index in [1.165, 1.54) is 5.56 Å². The number of carbonyl (C=O) groups excluding carboxylic acids is 1. The van der Waals surface area contributed by atoms with Crippen LogP contribution in [0.5, 0.6) is 0 Å². The topological polar surface area (TPSA) is 44.4 Å². The van der Waals surface area contributed by atoms with Crippen LogP contribution in [0.3, 0.4) is 0 Å². The molecule has 1 aromatic rings. The third-order valence-corrected chi connectivity index (χ3v) is 4.12. The quantitative estimate of drug-likeness (QED) is 0.846. The molecule has 0 radical (unpaired) electrons. The van der Waals surface area contributed by atoms with Crippen LogP contribution in [0.1, 0.15) is 43.1 Å². The predicted molar refractivity (Wildman–Crippen MR) is 88.0 cm³/mol. The molecule has 0 spiro atoms. The van der Waals surface area contributed by atoms with Gasteiger partial charge in [0.2, 0.25) is 0 Å². The molecular weight excluding hydrogens is 262 g/mol. The third kappa shape index (κ3) is 3.97. The Morgan fingerprint density at radius 2 is 2.14 bits per heavy atom. The first-order valence-corrected chi connectivity index (χ1v) is 8.04. The van der Waals surface area contributed by atoms with Crippen molar-refractivity contribution < 1.29 is 4.79 Å². The van der Waals surface area contributed by atoms with Crippen LogP contribution in [0.25, 0.3) is 0 Å².